The average Bonchev–Trinajstić information content (AvgIpc) is 4.10. The lowest BCUT2D eigenvalue weighted by atomic mass is 9.94. The van der Waals surface area contributed by atoms with Gasteiger partial charge in [0.2, 0.25) is 11.8 Å². The number of terminal acetylenes is 1. The first-order chi connectivity index (χ1) is 35.8. The van der Waals surface area contributed by atoms with Crippen LogP contribution in [0.3, 0.4) is 0 Å². The second-order valence-electron chi connectivity index (χ2n) is 20.7. The number of aromatic nitrogens is 3. The van der Waals surface area contributed by atoms with Crippen molar-refractivity contribution in [2.75, 3.05) is 51.3 Å². The Morgan fingerprint density at radius 2 is 1.74 bits per heavy atom. The topological polar surface area (TPSA) is 180 Å². The SMILES string of the molecule is C#Cc1c(F)ccc2cccc(-c3ncc4c(N5CC6CCC(C5)N6)nc(OC[C@@]56CC[C@@H](COC(=O)N(C)CCCCCCc7cccc8c7C(=O)N(C7CCC(=O)NC7=O)C8=O)N5CC(=C)C6)nc4c3F)c12. The molecule has 18 heteroatoms. The van der Waals surface area contributed by atoms with Crippen LogP contribution in [0.1, 0.15) is 102 Å². The molecule has 0 saturated carbocycles. The molecule has 0 spiro atoms. The first-order valence-corrected chi connectivity index (χ1v) is 25.6. The van der Waals surface area contributed by atoms with Crippen LogP contribution in [0.4, 0.5) is 19.4 Å². The van der Waals surface area contributed by atoms with E-state index in [0.29, 0.717) is 72.1 Å². The molecular formula is C56H57F2N9O7. The van der Waals surface area contributed by atoms with E-state index in [1.54, 1.807) is 54.5 Å². The minimum absolute atomic E-state index is 0.0117. The van der Waals surface area contributed by atoms with Crippen LogP contribution in [-0.4, -0.2) is 136 Å². The van der Waals surface area contributed by atoms with Crippen LogP contribution in [0.5, 0.6) is 6.01 Å². The second-order valence-corrected chi connectivity index (χ2v) is 20.7. The van der Waals surface area contributed by atoms with Gasteiger partial charge in [0.25, 0.3) is 11.8 Å². The summed E-state index contributed by atoms with van der Waals surface area (Å²) in [4.78, 5) is 85.6. The van der Waals surface area contributed by atoms with Gasteiger partial charge in [0.15, 0.2) is 5.82 Å². The van der Waals surface area contributed by atoms with Crippen molar-refractivity contribution >= 4 is 57.2 Å². The number of carbonyl (C=O) groups is 5. The van der Waals surface area contributed by atoms with Gasteiger partial charge in [0.05, 0.1) is 27.6 Å². The molecule has 6 aliphatic heterocycles. The van der Waals surface area contributed by atoms with Crippen LogP contribution < -0.4 is 20.3 Å². The van der Waals surface area contributed by atoms with E-state index in [0.717, 1.165) is 67.4 Å². The Hall–Kier alpha value is -7.36. The maximum atomic E-state index is 17.2. The molecule has 5 saturated heterocycles. The van der Waals surface area contributed by atoms with Gasteiger partial charge in [0.1, 0.15) is 42.1 Å². The highest BCUT2D eigenvalue weighted by atomic mass is 19.1. The summed E-state index contributed by atoms with van der Waals surface area (Å²) < 4.78 is 44.7. The number of imide groups is 2. The lowest BCUT2D eigenvalue weighted by molar-refractivity contribution is -0.136. The van der Waals surface area contributed by atoms with Gasteiger partial charge < -0.3 is 24.6 Å². The summed E-state index contributed by atoms with van der Waals surface area (Å²) in [5.74, 6) is -0.367. The number of piperazine rings is 1. The summed E-state index contributed by atoms with van der Waals surface area (Å²) in [6, 6.07) is 12.8. The van der Waals surface area contributed by atoms with E-state index in [9.17, 15) is 24.0 Å². The number of amides is 5. The highest BCUT2D eigenvalue weighted by Crippen LogP contribution is 2.45. The third-order valence-electron chi connectivity index (χ3n) is 15.9. The molecule has 16 nitrogen and oxygen atoms in total. The molecular weight excluding hydrogens is 949 g/mol. The van der Waals surface area contributed by atoms with Gasteiger partial charge in [-0.3, -0.25) is 39.3 Å². The summed E-state index contributed by atoms with van der Waals surface area (Å²) >= 11 is 0. The van der Waals surface area contributed by atoms with Crippen molar-refractivity contribution in [3.05, 3.63) is 101 Å². The number of nitrogens with zero attached hydrogens (tertiary/aromatic N) is 7. The van der Waals surface area contributed by atoms with Crippen LogP contribution in [-0.2, 0) is 20.7 Å². The monoisotopic (exact) mass is 1010 g/mol. The van der Waals surface area contributed by atoms with Crippen molar-refractivity contribution in [2.45, 2.75) is 107 Å². The molecule has 3 unspecified atom stereocenters. The third kappa shape index (κ3) is 8.89. The number of rotatable bonds is 15. The van der Waals surface area contributed by atoms with E-state index in [2.05, 4.69) is 37.9 Å². The molecule has 5 atom stereocenters. The lowest BCUT2D eigenvalue weighted by Gasteiger charge is -2.35. The number of piperidine rings is 1. The zero-order valence-corrected chi connectivity index (χ0v) is 41.3. The van der Waals surface area contributed by atoms with Gasteiger partial charge in [-0.25, -0.2) is 13.6 Å². The quantitative estimate of drug-likeness (QED) is 0.0482. The molecule has 8 heterocycles. The Balaban J connectivity index is 0.717. The normalized spacial score (nSPS) is 23.4. The summed E-state index contributed by atoms with van der Waals surface area (Å²) in [5, 5.41) is 7.37. The maximum Gasteiger partial charge on any atom is 0.409 e. The van der Waals surface area contributed by atoms with E-state index in [-0.39, 0.29) is 72.5 Å². The van der Waals surface area contributed by atoms with Gasteiger partial charge in [0, 0.05) is 74.9 Å². The number of hydrogen-bond donors (Lipinski definition) is 2. The summed E-state index contributed by atoms with van der Waals surface area (Å²) in [5.41, 5.74) is 2.31. The smallest absolute Gasteiger partial charge is 0.409 e. The molecule has 74 heavy (non-hydrogen) atoms. The number of benzene rings is 3. The zero-order chi connectivity index (χ0) is 51.4. The number of halogens is 2. The second kappa shape index (κ2) is 19.8. The number of ether oxygens (including phenoxy) is 2. The van der Waals surface area contributed by atoms with Crippen molar-refractivity contribution in [3.8, 4) is 29.6 Å². The van der Waals surface area contributed by atoms with Crippen LogP contribution >= 0.6 is 0 Å². The van der Waals surface area contributed by atoms with Gasteiger partial charge in [-0.15, -0.1) is 6.42 Å². The standard InChI is InChI=1S/C56H57F2N9O7/c1-4-38-42(57)19-16-34-13-9-14-39(45(34)38)48-47(58)49-41(26-59-48)50(65-28-35-17-18-36(29-65)60-35)63-54(62-49)74-31-56-23-22-37(66(56)27-32(2)25-56)30-73-55(72)64(3)24-8-6-5-7-11-33-12-10-15-40-46(33)53(71)67(52(40)70)43-20-21-44(68)61-51(43)69/h1,9-10,12-16,19,26,35-37,43,60H,2,5-8,11,17-18,20-25,27-31H2,3H3,(H,61,68,69)/t35?,36?,37-,43?,56-/m0/s1. The Bertz CT molecular complexity index is 3200. The predicted molar refractivity (Wildman–Crippen MR) is 271 cm³/mol. The molecule has 2 N–H and O–H groups in total. The maximum absolute atomic E-state index is 17.2. The molecule has 382 valence electrons. The molecule has 2 aromatic heterocycles. The Morgan fingerprint density at radius 3 is 2.54 bits per heavy atom. The van der Waals surface area contributed by atoms with Crippen LogP contribution in [0, 0.1) is 24.0 Å². The average molecular weight is 1010 g/mol. The molecule has 0 aliphatic carbocycles. The van der Waals surface area contributed by atoms with E-state index >= 15 is 8.78 Å². The Labute approximate surface area is 426 Å². The predicted octanol–water partition coefficient (Wildman–Crippen LogP) is 6.86. The number of unbranched alkanes of at least 4 members (excludes halogenated alkanes) is 3. The number of anilines is 1. The number of pyridine rings is 1. The highest BCUT2D eigenvalue weighted by molar-refractivity contribution is 6.24. The van der Waals surface area contributed by atoms with E-state index in [1.807, 2.05) is 6.07 Å². The summed E-state index contributed by atoms with van der Waals surface area (Å²) in [7, 11) is 1.72. The first kappa shape index (κ1) is 48.9. The zero-order valence-electron chi connectivity index (χ0n) is 41.3. The minimum Gasteiger partial charge on any atom is -0.461 e. The van der Waals surface area contributed by atoms with Crippen molar-refractivity contribution in [3.63, 3.8) is 0 Å². The Kier molecular flexibility index (Phi) is 13.1. The number of aryl methyl sites for hydroxylation is 1. The fourth-order valence-electron chi connectivity index (χ4n) is 12.3. The van der Waals surface area contributed by atoms with Crippen molar-refractivity contribution in [2.24, 2.45) is 0 Å². The number of carbonyl (C=O) groups excluding carboxylic acids is 5. The lowest BCUT2D eigenvalue weighted by Crippen LogP contribution is -2.54. The minimum atomic E-state index is -1.01. The van der Waals surface area contributed by atoms with Crippen LogP contribution in [0.2, 0.25) is 0 Å². The van der Waals surface area contributed by atoms with Crippen molar-refractivity contribution in [1.82, 2.24) is 40.3 Å². The van der Waals surface area contributed by atoms with Crippen LogP contribution in [0.25, 0.3) is 32.9 Å². The van der Waals surface area contributed by atoms with Crippen molar-refractivity contribution < 1.29 is 42.2 Å². The van der Waals surface area contributed by atoms with Gasteiger partial charge in [-0.05, 0) is 80.9 Å². The summed E-state index contributed by atoms with van der Waals surface area (Å²) in [6.07, 6.45) is 15.1. The number of hydrogen-bond acceptors (Lipinski definition) is 13. The van der Waals surface area contributed by atoms with E-state index < -0.39 is 52.9 Å². The van der Waals surface area contributed by atoms with Crippen molar-refractivity contribution in [1.29, 1.82) is 0 Å². The third-order valence-corrected chi connectivity index (χ3v) is 15.9. The molecule has 5 amide bonds. The fraction of sp³-hybridized carbons (Fsp3) is 0.429. The molecule has 0 radical (unpaired) electrons. The largest absolute Gasteiger partial charge is 0.461 e. The first-order valence-electron chi connectivity index (χ1n) is 25.6. The molecule has 2 bridgehead atoms. The Morgan fingerprint density at radius 1 is 0.959 bits per heavy atom. The molecule has 3 aromatic carbocycles. The van der Waals surface area contributed by atoms with Crippen LogP contribution in [0.15, 0.2) is 66.9 Å². The molecule has 11 rings (SSSR count). The molecule has 5 aromatic rings. The van der Waals surface area contributed by atoms with E-state index in [4.69, 9.17) is 25.9 Å². The molecule has 5 fully saturated rings. The number of nitrogens with one attached hydrogen (secondary N) is 2. The van der Waals surface area contributed by atoms with Gasteiger partial charge in [-0.1, -0.05) is 67.3 Å². The highest BCUT2D eigenvalue weighted by Gasteiger charge is 2.52. The van der Waals surface area contributed by atoms with Gasteiger partial charge in [-0.2, -0.15) is 9.97 Å². The van der Waals surface area contributed by atoms with E-state index in [1.165, 1.54) is 6.07 Å². The van der Waals surface area contributed by atoms with Gasteiger partial charge >= 0.3 is 12.1 Å². The molecule has 6 aliphatic rings. The number of fused-ring (bicyclic) bond motifs is 6. The fourth-order valence-corrected chi connectivity index (χ4v) is 12.3. The summed E-state index contributed by atoms with van der Waals surface area (Å²) in [6.45, 7) is 7.17.